The second kappa shape index (κ2) is 5.83. The predicted molar refractivity (Wildman–Crippen MR) is 71.3 cm³/mol. The largest absolute Gasteiger partial charge is 0.490 e. The van der Waals surface area contributed by atoms with Gasteiger partial charge in [-0.1, -0.05) is 0 Å². The number of nitrogens with zero attached hydrogens (tertiary/aromatic N) is 3. The van der Waals surface area contributed by atoms with Gasteiger partial charge in [0.1, 0.15) is 5.75 Å². The van der Waals surface area contributed by atoms with Gasteiger partial charge in [-0.2, -0.15) is 4.98 Å². The number of benzene rings is 1. The van der Waals surface area contributed by atoms with Crippen LogP contribution < -0.4 is 14.8 Å². The first kappa shape index (κ1) is 13.5. The molecule has 1 aromatic carbocycles. The van der Waals surface area contributed by atoms with Crippen molar-refractivity contribution in [1.29, 1.82) is 0 Å². The maximum atomic E-state index is 10.9. The van der Waals surface area contributed by atoms with Crippen molar-refractivity contribution in [2.24, 2.45) is 0 Å². The molecule has 0 aliphatic carbocycles. The molecule has 8 heteroatoms. The van der Waals surface area contributed by atoms with Crippen LogP contribution in [0, 0.1) is 10.1 Å². The van der Waals surface area contributed by atoms with Crippen molar-refractivity contribution in [2.45, 2.75) is 0 Å². The number of nitro groups is 1. The zero-order valence-corrected chi connectivity index (χ0v) is 10.9. The molecule has 2 aromatic rings. The maximum absolute atomic E-state index is 10.9. The number of ether oxygens (including phenoxy) is 2. The van der Waals surface area contributed by atoms with E-state index in [9.17, 15) is 10.1 Å². The first-order chi connectivity index (χ1) is 9.63. The van der Waals surface area contributed by atoms with Gasteiger partial charge in [0.2, 0.25) is 11.8 Å². The topological polar surface area (TPSA) is 99.4 Å². The average Bonchev–Trinajstić information content (AvgIpc) is 2.47. The molecule has 0 radical (unpaired) electrons. The molecule has 1 aromatic heterocycles. The molecule has 20 heavy (non-hydrogen) atoms. The fourth-order valence-corrected chi connectivity index (χ4v) is 1.52. The summed E-state index contributed by atoms with van der Waals surface area (Å²) in [6.45, 7) is 0. The third kappa shape index (κ3) is 2.91. The second-order valence-corrected chi connectivity index (χ2v) is 3.66. The Morgan fingerprint density at radius 3 is 2.80 bits per heavy atom. The molecule has 0 bridgehead atoms. The molecular weight excluding hydrogens is 264 g/mol. The summed E-state index contributed by atoms with van der Waals surface area (Å²) in [5.41, 5.74) is -0.173. The van der Waals surface area contributed by atoms with Crippen LogP contribution in [0.2, 0.25) is 0 Å². The first-order valence-corrected chi connectivity index (χ1v) is 5.65. The minimum Gasteiger partial charge on any atom is -0.490 e. The molecule has 0 unspecified atom stereocenters. The van der Waals surface area contributed by atoms with E-state index in [1.165, 1.54) is 25.4 Å². The lowest BCUT2D eigenvalue weighted by molar-refractivity contribution is -0.385. The van der Waals surface area contributed by atoms with Crippen LogP contribution >= 0.6 is 0 Å². The second-order valence-electron chi connectivity index (χ2n) is 3.66. The summed E-state index contributed by atoms with van der Waals surface area (Å²) in [7, 11) is 3.05. The van der Waals surface area contributed by atoms with E-state index in [4.69, 9.17) is 9.47 Å². The first-order valence-electron chi connectivity index (χ1n) is 5.65. The van der Waals surface area contributed by atoms with Gasteiger partial charge >= 0.3 is 5.69 Å². The van der Waals surface area contributed by atoms with Gasteiger partial charge in [0, 0.05) is 19.3 Å². The average molecular weight is 276 g/mol. The van der Waals surface area contributed by atoms with Gasteiger partial charge in [0.15, 0.2) is 5.75 Å². The van der Waals surface area contributed by atoms with Gasteiger partial charge in [0.25, 0.3) is 0 Å². The van der Waals surface area contributed by atoms with Gasteiger partial charge in [-0.15, -0.1) is 0 Å². The molecule has 104 valence electrons. The Hall–Kier alpha value is -2.90. The maximum Gasteiger partial charge on any atom is 0.314 e. The van der Waals surface area contributed by atoms with Crippen molar-refractivity contribution in [3.05, 3.63) is 40.6 Å². The van der Waals surface area contributed by atoms with E-state index in [-0.39, 0.29) is 17.3 Å². The number of nitro benzene ring substituents is 1. The molecule has 0 saturated heterocycles. The summed E-state index contributed by atoms with van der Waals surface area (Å²) in [6.07, 6.45) is 1.52. The Balaban J connectivity index is 2.29. The molecule has 0 aliphatic heterocycles. The number of nitrogens with one attached hydrogen (secondary N) is 1. The monoisotopic (exact) mass is 276 g/mol. The van der Waals surface area contributed by atoms with Crippen LogP contribution in [-0.2, 0) is 0 Å². The third-order valence-corrected chi connectivity index (χ3v) is 2.42. The molecular formula is C12H12N4O4. The Morgan fingerprint density at radius 1 is 1.35 bits per heavy atom. The van der Waals surface area contributed by atoms with Gasteiger partial charge in [-0.05, 0) is 12.1 Å². The molecule has 0 aliphatic rings. The molecule has 0 spiro atoms. The fraction of sp³-hybridized carbons (Fsp3) is 0.167. The lowest BCUT2D eigenvalue weighted by atomic mass is 10.3. The Bertz CT molecular complexity index is 633. The number of hydrogen-bond donors (Lipinski definition) is 1. The zero-order valence-electron chi connectivity index (χ0n) is 10.9. The van der Waals surface area contributed by atoms with Crippen molar-refractivity contribution in [3.8, 4) is 17.4 Å². The number of hydrogen-bond acceptors (Lipinski definition) is 7. The SMILES string of the molecule is CNc1nccc(Oc2ccc(OC)c([N+](=O)[O-])c2)n1. The molecule has 0 amide bonds. The van der Waals surface area contributed by atoms with Crippen molar-refractivity contribution in [2.75, 3.05) is 19.5 Å². The number of anilines is 1. The molecule has 1 N–H and O–H groups in total. The smallest absolute Gasteiger partial charge is 0.314 e. The van der Waals surface area contributed by atoms with Gasteiger partial charge in [-0.25, -0.2) is 4.98 Å². The highest BCUT2D eigenvalue weighted by Gasteiger charge is 2.16. The van der Waals surface area contributed by atoms with E-state index in [2.05, 4.69) is 15.3 Å². The number of methoxy groups -OCH3 is 1. The molecule has 0 fully saturated rings. The predicted octanol–water partition coefficient (Wildman–Crippen LogP) is 2.23. The van der Waals surface area contributed by atoms with Crippen LogP contribution in [0.5, 0.6) is 17.4 Å². The number of aromatic nitrogens is 2. The van der Waals surface area contributed by atoms with E-state index in [1.54, 1.807) is 19.2 Å². The van der Waals surface area contributed by atoms with Gasteiger partial charge < -0.3 is 14.8 Å². The van der Waals surface area contributed by atoms with Crippen LogP contribution in [0.3, 0.4) is 0 Å². The number of rotatable bonds is 5. The van der Waals surface area contributed by atoms with Crippen molar-refractivity contribution < 1.29 is 14.4 Å². The Morgan fingerprint density at radius 2 is 2.15 bits per heavy atom. The standard InChI is InChI=1S/C12H12N4O4/c1-13-12-14-6-5-11(15-12)20-8-3-4-10(19-2)9(7-8)16(17)18/h3-7H,1-2H3,(H,13,14,15). The van der Waals surface area contributed by atoms with Crippen molar-refractivity contribution >= 4 is 11.6 Å². The Kier molecular flexibility index (Phi) is 3.94. The van der Waals surface area contributed by atoms with Gasteiger partial charge in [0.05, 0.1) is 18.1 Å². The van der Waals surface area contributed by atoms with Crippen molar-refractivity contribution in [3.63, 3.8) is 0 Å². The quantitative estimate of drug-likeness (QED) is 0.660. The van der Waals surface area contributed by atoms with E-state index in [1.807, 2.05) is 0 Å². The lowest BCUT2D eigenvalue weighted by Crippen LogP contribution is -1.98. The minimum absolute atomic E-state index is 0.168. The molecule has 1 heterocycles. The van der Waals surface area contributed by atoms with Crippen molar-refractivity contribution in [1.82, 2.24) is 9.97 Å². The van der Waals surface area contributed by atoms with Crippen LogP contribution in [0.4, 0.5) is 11.6 Å². The van der Waals surface area contributed by atoms with Crippen LogP contribution in [0.25, 0.3) is 0 Å². The third-order valence-electron chi connectivity index (χ3n) is 2.42. The van der Waals surface area contributed by atoms with Crippen LogP contribution in [0.1, 0.15) is 0 Å². The summed E-state index contributed by atoms with van der Waals surface area (Å²) in [4.78, 5) is 18.4. The normalized spacial score (nSPS) is 9.90. The highest BCUT2D eigenvalue weighted by atomic mass is 16.6. The molecule has 2 rings (SSSR count). The molecule has 0 atom stereocenters. The lowest BCUT2D eigenvalue weighted by Gasteiger charge is -2.07. The van der Waals surface area contributed by atoms with E-state index in [0.717, 1.165) is 0 Å². The van der Waals surface area contributed by atoms with Crippen LogP contribution in [0.15, 0.2) is 30.5 Å². The summed E-state index contributed by atoms with van der Waals surface area (Å²) in [6, 6.07) is 5.86. The Labute approximate surface area is 114 Å². The molecule has 0 saturated carbocycles. The summed E-state index contributed by atoms with van der Waals surface area (Å²) in [5, 5.41) is 13.7. The van der Waals surface area contributed by atoms with Crippen LogP contribution in [-0.4, -0.2) is 29.0 Å². The van der Waals surface area contributed by atoms with E-state index < -0.39 is 4.92 Å². The molecule has 8 nitrogen and oxygen atoms in total. The highest BCUT2D eigenvalue weighted by Crippen LogP contribution is 2.32. The summed E-state index contributed by atoms with van der Waals surface area (Å²) >= 11 is 0. The minimum atomic E-state index is -0.537. The summed E-state index contributed by atoms with van der Waals surface area (Å²) in [5.74, 6) is 1.13. The fourth-order valence-electron chi connectivity index (χ4n) is 1.52. The zero-order chi connectivity index (χ0) is 14.5. The van der Waals surface area contributed by atoms with E-state index in [0.29, 0.717) is 11.7 Å². The summed E-state index contributed by atoms with van der Waals surface area (Å²) < 4.78 is 10.4. The highest BCUT2D eigenvalue weighted by molar-refractivity contribution is 5.51. The van der Waals surface area contributed by atoms with Gasteiger partial charge in [-0.3, -0.25) is 10.1 Å². The van der Waals surface area contributed by atoms with E-state index >= 15 is 0 Å².